The summed E-state index contributed by atoms with van der Waals surface area (Å²) in [5.74, 6) is 0. The van der Waals surface area contributed by atoms with E-state index in [0.29, 0.717) is 6.04 Å². The molecule has 0 saturated carbocycles. The molecule has 2 atom stereocenters. The van der Waals surface area contributed by atoms with Crippen LogP contribution >= 0.6 is 35.6 Å². The van der Waals surface area contributed by atoms with Crippen LogP contribution in [0.5, 0.6) is 0 Å². The number of piperidine rings is 1. The van der Waals surface area contributed by atoms with Crippen LogP contribution in [0.2, 0.25) is 10.0 Å². The number of fused-ring (bicyclic) bond motifs is 1. The van der Waals surface area contributed by atoms with Gasteiger partial charge in [-0.1, -0.05) is 35.7 Å². The molecule has 2 saturated heterocycles. The normalized spacial score (nSPS) is 27.7. The molecule has 0 aromatic heterocycles. The van der Waals surface area contributed by atoms with Gasteiger partial charge in [-0.15, -0.1) is 12.4 Å². The van der Waals surface area contributed by atoms with E-state index in [1.54, 1.807) is 0 Å². The van der Waals surface area contributed by atoms with Gasteiger partial charge in [-0.3, -0.25) is 4.90 Å². The van der Waals surface area contributed by atoms with Crippen LogP contribution in [0, 0.1) is 0 Å². The highest BCUT2D eigenvalue weighted by atomic mass is 35.5. The summed E-state index contributed by atoms with van der Waals surface area (Å²) in [6.07, 6.45) is 6.54. The Morgan fingerprint density at radius 3 is 2.44 bits per heavy atom. The van der Waals surface area contributed by atoms with Gasteiger partial charge < -0.3 is 0 Å². The summed E-state index contributed by atoms with van der Waals surface area (Å²) in [7, 11) is 0. The molecule has 3 rings (SSSR count). The monoisotopic (exact) mass is 305 g/mol. The van der Waals surface area contributed by atoms with Crippen molar-refractivity contribution in [2.45, 2.75) is 44.2 Å². The van der Waals surface area contributed by atoms with Crippen molar-refractivity contribution in [3.8, 4) is 0 Å². The second-order valence-corrected chi connectivity index (χ2v) is 5.93. The van der Waals surface area contributed by atoms with Crippen LogP contribution in [0.15, 0.2) is 18.2 Å². The fraction of sp³-hybridized carbons (Fsp3) is 0.571. The fourth-order valence-electron chi connectivity index (χ4n) is 3.40. The summed E-state index contributed by atoms with van der Waals surface area (Å²) < 4.78 is 0. The summed E-state index contributed by atoms with van der Waals surface area (Å²) in [5.41, 5.74) is 1.15. The highest BCUT2D eigenvalue weighted by Crippen LogP contribution is 2.44. The van der Waals surface area contributed by atoms with Crippen LogP contribution in [0.4, 0.5) is 0 Å². The number of halogens is 3. The summed E-state index contributed by atoms with van der Waals surface area (Å²) in [6.45, 7) is 1.21. The third-order valence-electron chi connectivity index (χ3n) is 4.18. The number of benzene rings is 1. The van der Waals surface area contributed by atoms with Crippen LogP contribution < -0.4 is 0 Å². The first-order chi connectivity index (χ1) is 8.27. The van der Waals surface area contributed by atoms with Gasteiger partial charge in [0.15, 0.2) is 0 Å². The lowest BCUT2D eigenvalue weighted by molar-refractivity contribution is 0.150. The lowest BCUT2D eigenvalue weighted by Crippen LogP contribution is -2.36. The molecular formula is C14H18Cl3N. The van der Waals surface area contributed by atoms with Gasteiger partial charge in [-0.2, -0.15) is 0 Å². The van der Waals surface area contributed by atoms with E-state index in [-0.39, 0.29) is 12.4 Å². The lowest BCUT2D eigenvalue weighted by atomic mass is 10.0. The topological polar surface area (TPSA) is 3.24 Å². The van der Waals surface area contributed by atoms with Gasteiger partial charge in [0.25, 0.3) is 0 Å². The molecular weight excluding hydrogens is 289 g/mol. The van der Waals surface area contributed by atoms with Crippen LogP contribution in [0.3, 0.4) is 0 Å². The van der Waals surface area contributed by atoms with Crippen LogP contribution in [0.1, 0.15) is 43.7 Å². The Hall–Kier alpha value is 0.0500. The first kappa shape index (κ1) is 14.5. The molecule has 0 N–H and O–H groups in total. The van der Waals surface area contributed by atoms with E-state index >= 15 is 0 Å². The zero-order valence-corrected chi connectivity index (χ0v) is 12.6. The van der Waals surface area contributed by atoms with E-state index in [1.807, 2.05) is 18.2 Å². The van der Waals surface area contributed by atoms with E-state index in [4.69, 9.17) is 23.2 Å². The molecule has 2 heterocycles. The van der Waals surface area contributed by atoms with Crippen molar-refractivity contribution in [2.24, 2.45) is 0 Å². The van der Waals surface area contributed by atoms with E-state index in [2.05, 4.69) is 4.90 Å². The number of nitrogens with zero attached hydrogens (tertiary/aromatic N) is 1. The molecule has 0 radical (unpaired) electrons. The molecule has 0 amide bonds. The molecule has 2 fully saturated rings. The minimum Gasteiger partial charge on any atom is -0.293 e. The molecule has 0 aliphatic carbocycles. The second kappa shape index (κ2) is 6.00. The van der Waals surface area contributed by atoms with Gasteiger partial charge >= 0.3 is 0 Å². The Kier molecular flexibility index (Phi) is 4.82. The van der Waals surface area contributed by atoms with Crippen LogP contribution in [-0.2, 0) is 0 Å². The number of hydrogen-bond acceptors (Lipinski definition) is 1. The smallest absolute Gasteiger partial charge is 0.0468 e. The third-order valence-corrected chi connectivity index (χ3v) is 4.84. The maximum Gasteiger partial charge on any atom is 0.0468 e. The van der Waals surface area contributed by atoms with Gasteiger partial charge in [0, 0.05) is 27.7 Å². The molecule has 1 nitrogen and oxygen atoms in total. The average molecular weight is 307 g/mol. The van der Waals surface area contributed by atoms with Crippen molar-refractivity contribution in [1.29, 1.82) is 0 Å². The molecule has 0 spiro atoms. The zero-order valence-electron chi connectivity index (χ0n) is 10.2. The zero-order chi connectivity index (χ0) is 11.8. The minimum atomic E-state index is 0. The largest absolute Gasteiger partial charge is 0.293 e. The minimum absolute atomic E-state index is 0. The summed E-state index contributed by atoms with van der Waals surface area (Å²) >= 11 is 12.7. The average Bonchev–Trinajstić information content (AvgIpc) is 2.73. The van der Waals surface area contributed by atoms with Crippen molar-refractivity contribution in [1.82, 2.24) is 4.90 Å². The van der Waals surface area contributed by atoms with Crippen molar-refractivity contribution < 1.29 is 0 Å². The van der Waals surface area contributed by atoms with Gasteiger partial charge in [0.1, 0.15) is 0 Å². The van der Waals surface area contributed by atoms with E-state index in [9.17, 15) is 0 Å². The standard InChI is InChI=1S/C14H17Cl2N.ClH/c15-11-5-3-6-12(16)14(11)13-8-7-10-4-1-2-9-17(10)13;/h3,5-6,10,13H,1-2,4,7-9H2;1H/t10-,13-;/m1./s1. The van der Waals surface area contributed by atoms with E-state index in [0.717, 1.165) is 21.7 Å². The van der Waals surface area contributed by atoms with Crippen molar-refractivity contribution >= 4 is 35.6 Å². The Morgan fingerprint density at radius 2 is 1.72 bits per heavy atom. The molecule has 4 heteroatoms. The van der Waals surface area contributed by atoms with Crippen molar-refractivity contribution in [2.75, 3.05) is 6.54 Å². The van der Waals surface area contributed by atoms with Gasteiger partial charge in [-0.05, 0) is 44.4 Å². The Balaban J connectivity index is 0.00000120. The first-order valence-corrected chi connectivity index (χ1v) is 7.22. The molecule has 1 aromatic rings. The predicted molar refractivity (Wildman–Crippen MR) is 80.0 cm³/mol. The van der Waals surface area contributed by atoms with Crippen LogP contribution in [-0.4, -0.2) is 17.5 Å². The third kappa shape index (κ3) is 2.51. The summed E-state index contributed by atoms with van der Waals surface area (Å²) in [4.78, 5) is 2.62. The van der Waals surface area contributed by atoms with Crippen LogP contribution in [0.25, 0.3) is 0 Å². The first-order valence-electron chi connectivity index (χ1n) is 6.47. The molecule has 0 bridgehead atoms. The van der Waals surface area contributed by atoms with Gasteiger partial charge in [0.2, 0.25) is 0 Å². The quantitative estimate of drug-likeness (QED) is 0.697. The molecule has 18 heavy (non-hydrogen) atoms. The molecule has 1 aromatic carbocycles. The maximum atomic E-state index is 6.33. The summed E-state index contributed by atoms with van der Waals surface area (Å²) in [5, 5.41) is 1.66. The fourth-order valence-corrected chi connectivity index (χ4v) is 4.05. The molecule has 100 valence electrons. The second-order valence-electron chi connectivity index (χ2n) is 5.12. The Morgan fingerprint density at radius 1 is 1.00 bits per heavy atom. The van der Waals surface area contributed by atoms with Gasteiger partial charge in [0.05, 0.1) is 0 Å². The Labute approximate surface area is 125 Å². The highest BCUT2D eigenvalue weighted by molar-refractivity contribution is 6.36. The highest BCUT2D eigenvalue weighted by Gasteiger charge is 2.37. The number of hydrogen-bond donors (Lipinski definition) is 0. The SMILES string of the molecule is Cl.Clc1cccc(Cl)c1[C@H]1CC[C@H]2CCCCN21. The Bertz CT molecular complexity index is 401. The summed E-state index contributed by atoms with van der Waals surface area (Å²) in [6, 6.07) is 7.05. The van der Waals surface area contributed by atoms with E-state index < -0.39 is 0 Å². The predicted octanol–water partition coefficient (Wildman–Crippen LogP) is 5.10. The molecule has 2 aliphatic rings. The molecule has 2 aliphatic heterocycles. The van der Waals surface area contributed by atoms with Crippen molar-refractivity contribution in [3.63, 3.8) is 0 Å². The molecule has 0 unspecified atom stereocenters. The van der Waals surface area contributed by atoms with Crippen molar-refractivity contribution in [3.05, 3.63) is 33.8 Å². The maximum absolute atomic E-state index is 6.33. The van der Waals surface area contributed by atoms with Gasteiger partial charge in [-0.25, -0.2) is 0 Å². The van der Waals surface area contributed by atoms with E-state index in [1.165, 1.54) is 38.6 Å². The number of rotatable bonds is 1. The lowest BCUT2D eigenvalue weighted by Gasteiger charge is -2.34.